The molecule has 2 fully saturated rings. The maximum absolute atomic E-state index is 12.7. The molecule has 1 amide bonds. The normalized spacial score (nSPS) is 19.9. The number of benzene rings is 1. The van der Waals surface area contributed by atoms with Crippen molar-refractivity contribution in [1.29, 1.82) is 0 Å². The molecule has 172 valence electrons. The quantitative estimate of drug-likeness (QED) is 0.533. The molecule has 1 N–H and O–H groups in total. The molecule has 2 unspecified atom stereocenters. The first kappa shape index (κ1) is 23.4. The molecule has 0 saturated carbocycles. The second-order valence-electron chi connectivity index (χ2n) is 8.67. The van der Waals surface area contributed by atoms with E-state index in [0.29, 0.717) is 11.8 Å². The van der Waals surface area contributed by atoms with E-state index in [1.54, 1.807) is 7.11 Å². The van der Waals surface area contributed by atoms with Crippen molar-refractivity contribution < 1.29 is 9.53 Å². The molecule has 1 aromatic rings. The lowest BCUT2D eigenvalue weighted by Crippen LogP contribution is -2.57. The Morgan fingerprint density at radius 3 is 2.26 bits per heavy atom. The lowest BCUT2D eigenvalue weighted by molar-refractivity contribution is -0.135. The number of guanidine groups is 1. The Kier molecular flexibility index (Phi) is 8.58. The van der Waals surface area contributed by atoms with E-state index in [4.69, 9.17) is 4.74 Å². The van der Waals surface area contributed by atoms with Crippen molar-refractivity contribution in [2.45, 2.75) is 45.1 Å². The van der Waals surface area contributed by atoms with Gasteiger partial charge in [-0.25, -0.2) is 0 Å². The third-order valence-electron chi connectivity index (χ3n) is 6.69. The predicted molar refractivity (Wildman–Crippen MR) is 126 cm³/mol. The number of likely N-dealkylation sites (tertiary alicyclic amines) is 1. The minimum atomic E-state index is -0.0272. The SMILES string of the molecule is CN=C(NCCC(C)c1ccc(OC)cc1)N1CCN(C(C)C(=O)N2CCCC2)CC1. The summed E-state index contributed by atoms with van der Waals surface area (Å²) in [5.74, 6) is 2.61. The highest BCUT2D eigenvalue weighted by Gasteiger charge is 2.30. The lowest BCUT2D eigenvalue weighted by atomic mass is 9.98. The first-order valence-electron chi connectivity index (χ1n) is 11.7. The van der Waals surface area contributed by atoms with Gasteiger partial charge in [0.1, 0.15) is 5.75 Å². The van der Waals surface area contributed by atoms with E-state index < -0.39 is 0 Å². The Balaban J connectivity index is 1.41. The van der Waals surface area contributed by atoms with Crippen LogP contribution in [0, 0.1) is 0 Å². The van der Waals surface area contributed by atoms with Crippen LogP contribution >= 0.6 is 0 Å². The van der Waals surface area contributed by atoms with Crippen LogP contribution in [0.15, 0.2) is 29.3 Å². The summed E-state index contributed by atoms with van der Waals surface area (Å²) in [5.41, 5.74) is 1.32. The summed E-state index contributed by atoms with van der Waals surface area (Å²) in [4.78, 5) is 23.8. The van der Waals surface area contributed by atoms with E-state index in [2.05, 4.69) is 46.1 Å². The summed E-state index contributed by atoms with van der Waals surface area (Å²) >= 11 is 0. The maximum atomic E-state index is 12.7. The average Bonchev–Trinajstić information content (AvgIpc) is 3.36. The first-order chi connectivity index (χ1) is 15.0. The minimum Gasteiger partial charge on any atom is -0.497 e. The van der Waals surface area contributed by atoms with Gasteiger partial charge in [-0.15, -0.1) is 0 Å². The summed E-state index contributed by atoms with van der Waals surface area (Å²) in [6, 6.07) is 8.30. The van der Waals surface area contributed by atoms with Crippen LogP contribution in [0.2, 0.25) is 0 Å². The Labute approximate surface area is 187 Å². The molecule has 2 atom stereocenters. The second kappa shape index (κ2) is 11.4. The Hall–Kier alpha value is -2.28. The number of rotatable bonds is 7. The summed E-state index contributed by atoms with van der Waals surface area (Å²) in [7, 11) is 3.54. The largest absolute Gasteiger partial charge is 0.497 e. The van der Waals surface area contributed by atoms with E-state index in [0.717, 1.165) is 76.8 Å². The van der Waals surface area contributed by atoms with Gasteiger partial charge in [-0.1, -0.05) is 19.1 Å². The van der Waals surface area contributed by atoms with Crippen LogP contribution in [0.5, 0.6) is 5.75 Å². The number of hydrogen-bond donors (Lipinski definition) is 1. The first-order valence-corrected chi connectivity index (χ1v) is 11.7. The van der Waals surface area contributed by atoms with Crippen LogP contribution in [0.25, 0.3) is 0 Å². The van der Waals surface area contributed by atoms with Crippen molar-refractivity contribution in [1.82, 2.24) is 20.0 Å². The van der Waals surface area contributed by atoms with Crippen molar-refractivity contribution in [3.05, 3.63) is 29.8 Å². The van der Waals surface area contributed by atoms with E-state index in [1.807, 2.05) is 24.1 Å². The number of carbonyl (C=O) groups is 1. The molecule has 0 aliphatic carbocycles. The van der Waals surface area contributed by atoms with Gasteiger partial charge in [0.2, 0.25) is 5.91 Å². The molecular formula is C24H39N5O2. The van der Waals surface area contributed by atoms with Gasteiger partial charge < -0.3 is 19.9 Å². The molecule has 0 spiro atoms. The maximum Gasteiger partial charge on any atom is 0.239 e. The zero-order valence-corrected chi connectivity index (χ0v) is 19.6. The van der Waals surface area contributed by atoms with Crippen LogP contribution in [0.3, 0.4) is 0 Å². The minimum absolute atomic E-state index is 0.0272. The average molecular weight is 430 g/mol. The smallest absolute Gasteiger partial charge is 0.239 e. The number of nitrogens with one attached hydrogen (secondary N) is 1. The zero-order valence-electron chi connectivity index (χ0n) is 19.6. The summed E-state index contributed by atoms with van der Waals surface area (Å²) in [6.45, 7) is 10.6. The van der Waals surface area contributed by atoms with Gasteiger partial charge in [-0.05, 0) is 49.8 Å². The van der Waals surface area contributed by atoms with Crippen molar-refractivity contribution in [2.75, 3.05) is 60.0 Å². The highest BCUT2D eigenvalue weighted by atomic mass is 16.5. The Bertz CT molecular complexity index is 722. The van der Waals surface area contributed by atoms with Crippen LogP contribution in [0.1, 0.15) is 44.6 Å². The standard InChI is InChI=1S/C24H39N5O2/c1-19(21-7-9-22(31-4)10-8-21)11-12-26-24(25-3)29-17-15-27(16-18-29)20(2)23(30)28-13-5-6-14-28/h7-10,19-20H,5-6,11-18H2,1-4H3,(H,25,26). The molecule has 7 heteroatoms. The highest BCUT2D eigenvalue weighted by Crippen LogP contribution is 2.21. The van der Waals surface area contributed by atoms with Crippen molar-refractivity contribution >= 4 is 11.9 Å². The Morgan fingerprint density at radius 1 is 1.03 bits per heavy atom. The van der Waals surface area contributed by atoms with Gasteiger partial charge in [-0.3, -0.25) is 14.7 Å². The molecule has 2 aliphatic rings. The van der Waals surface area contributed by atoms with Gasteiger partial charge in [0.05, 0.1) is 13.2 Å². The van der Waals surface area contributed by atoms with Gasteiger partial charge in [-0.2, -0.15) is 0 Å². The summed E-state index contributed by atoms with van der Waals surface area (Å²) in [5, 5.41) is 3.53. The number of ether oxygens (including phenoxy) is 1. The third-order valence-corrected chi connectivity index (χ3v) is 6.69. The van der Waals surface area contributed by atoms with Crippen molar-refractivity contribution in [3.8, 4) is 5.75 Å². The van der Waals surface area contributed by atoms with Gasteiger partial charge in [0.25, 0.3) is 0 Å². The number of hydrogen-bond acceptors (Lipinski definition) is 4. The molecule has 2 aliphatic heterocycles. The van der Waals surface area contributed by atoms with Gasteiger partial charge in [0, 0.05) is 52.9 Å². The van der Waals surface area contributed by atoms with Crippen LogP contribution in [0.4, 0.5) is 0 Å². The molecular weight excluding hydrogens is 390 g/mol. The molecule has 2 saturated heterocycles. The van der Waals surface area contributed by atoms with E-state index in [9.17, 15) is 4.79 Å². The van der Waals surface area contributed by atoms with E-state index in [-0.39, 0.29) is 6.04 Å². The van der Waals surface area contributed by atoms with Gasteiger partial charge >= 0.3 is 0 Å². The Morgan fingerprint density at radius 2 is 1.68 bits per heavy atom. The van der Waals surface area contributed by atoms with E-state index >= 15 is 0 Å². The summed E-state index contributed by atoms with van der Waals surface area (Å²) in [6.07, 6.45) is 3.32. The van der Waals surface area contributed by atoms with Gasteiger partial charge in [0.15, 0.2) is 5.96 Å². The third kappa shape index (κ3) is 6.12. The molecule has 3 rings (SSSR count). The number of piperazine rings is 1. The summed E-state index contributed by atoms with van der Waals surface area (Å²) < 4.78 is 5.25. The topological polar surface area (TPSA) is 60.4 Å². The fourth-order valence-corrected chi connectivity index (χ4v) is 4.51. The second-order valence-corrected chi connectivity index (χ2v) is 8.67. The number of carbonyl (C=O) groups excluding carboxylic acids is 1. The predicted octanol–water partition coefficient (Wildman–Crippen LogP) is 2.39. The fraction of sp³-hybridized carbons (Fsp3) is 0.667. The number of nitrogens with zero attached hydrogens (tertiary/aromatic N) is 4. The monoisotopic (exact) mass is 429 g/mol. The van der Waals surface area contributed by atoms with Crippen LogP contribution in [-0.2, 0) is 4.79 Å². The highest BCUT2D eigenvalue weighted by molar-refractivity contribution is 5.82. The number of amides is 1. The van der Waals surface area contributed by atoms with E-state index in [1.165, 1.54) is 5.56 Å². The lowest BCUT2D eigenvalue weighted by Gasteiger charge is -2.39. The van der Waals surface area contributed by atoms with Crippen LogP contribution < -0.4 is 10.1 Å². The van der Waals surface area contributed by atoms with Crippen molar-refractivity contribution in [2.24, 2.45) is 4.99 Å². The molecule has 0 aromatic heterocycles. The molecule has 0 radical (unpaired) electrons. The molecule has 7 nitrogen and oxygen atoms in total. The molecule has 1 aromatic carbocycles. The number of methoxy groups -OCH3 is 1. The number of aliphatic imine (C=N–C) groups is 1. The zero-order chi connectivity index (χ0) is 22.2. The van der Waals surface area contributed by atoms with Crippen LogP contribution in [-0.4, -0.2) is 92.6 Å². The molecule has 0 bridgehead atoms. The van der Waals surface area contributed by atoms with Crippen molar-refractivity contribution in [3.63, 3.8) is 0 Å². The molecule has 2 heterocycles. The fourth-order valence-electron chi connectivity index (χ4n) is 4.51. The molecule has 31 heavy (non-hydrogen) atoms.